The van der Waals surface area contributed by atoms with Crippen LogP contribution in [-0.2, 0) is 0 Å². The topological polar surface area (TPSA) is 46.9 Å². The van der Waals surface area contributed by atoms with Crippen molar-refractivity contribution in [2.24, 2.45) is 0 Å². The Morgan fingerprint density at radius 2 is 1.95 bits per heavy atom. The van der Waals surface area contributed by atoms with Crippen LogP contribution < -0.4 is 5.32 Å². The minimum Gasteiger partial charge on any atom is -0.322 e. The fourth-order valence-electron chi connectivity index (χ4n) is 2.07. The van der Waals surface area contributed by atoms with E-state index in [0.717, 1.165) is 5.69 Å². The summed E-state index contributed by atoms with van der Waals surface area (Å²) in [5.41, 5.74) is 2.40. The third-order valence-electron chi connectivity index (χ3n) is 3.36. The molecule has 1 aromatic heterocycles. The molecular weight excluding hydrogens is 281 g/mol. The molecule has 3 rings (SSSR count). The number of halogens is 1. The van der Waals surface area contributed by atoms with Crippen molar-refractivity contribution < 1.29 is 9.18 Å². The van der Waals surface area contributed by atoms with Gasteiger partial charge in [-0.2, -0.15) is 0 Å². The smallest absolute Gasteiger partial charge is 0.255 e. The molecule has 0 aliphatic rings. The first kappa shape index (κ1) is 14.0. The molecule has 0 atom stereocenters. The van der Waals surface area contributed by atoms with Crippen LogP contribution in [0.5, 0.6) is 0 Å². The van der Waals surface area contributed by atoms with Crippen LogP contribution in [0.25, 0.3) is 5.69 Å². The number of aryl methyl sites for hydroxylation is 1. The SMILES string of the molecule is Cc1ccc(C(=O)Nc2ccc(-n3ccnc3)cc2)cc1F. The third kappa shape index (κ3) is 2.88. The van der Waals surface area contributed by atoms with Crippen molar-refractivity contribution in [1.29, 1.82) is 0 Å². The van der Waals surface area contributed by atoms with Gasteiger partial charge in [0.1, 0.15) is 5.82 Å². The summed E-state index contributed by atoms with van der Waals surface area (Å²) in [5, 5.41) is 2.75. The lowest BCUT2D eigenvalue weighted by Crippen LogP contribution is -2.12. The summed E-state index contributed by atoms with van der Waals surface area (Å²) in [5.74, 6) is -0.725. The number of nitrogens with zero attached hydrogens (tertiary/aromatic N) is 2. The summed E-state index contributed by atoms with van der Waals surface area (Å²) in [7, 11) is 0. The van der Waals surface area contributed by atoms with E-state index in [1.54, 1.807) is 43.7 Å². The van der Waals surface area contributed by atoms with E-state index in [9.17, 15) is 9.18 Å². The first-order valence-corrected chi connectivity index (χ1v) is 6.79. The number of benzene rings is 2. The molecule has 0 unspecified atom stereocenters. The van der Waals surface area contributed by atoms with E-state index in [2.05, 4.69) is 10.3 Å². The van der Waals surface area contributed by atoms with Crippen LogP contribution in [0.4, 0.5) is 10.1 Å². The zero-order chi connectivity index (χ0) is 15.5. The molecule has 0 aliphatic carbocycles. The van der Waals surface area contributed by atoms with Crippen LogP contribution in [0.2, 0.25) is 0 Å². The molecule has 3 aromatic rings. The van der Waals surface area contributed by atoms with Gasteiger partial charge in [0, 0.05) is 29.3 Å². The first-order chi connectivity index (χ1) is 10.6. The molecule has 4 nitrogen and oxygen atoms in total. The van der Waals surface area contributed by atoms with Crippen molar-refractivity contribution in [2.45, 2.75) is 6.92 Å². The molecule has 0 spiro atoms. The lowest BCUT2D eigenvalue weighted by atomic mass is 10.1. The fourth-order valence-corrected chi connectivity index (χ4v) is 2.07. The van der Waals surface area contributed by atoms with Crippen LogP contribution in [-0.4, -0.2) is 15.5 Å². The van der Waals surface area contributed by atoms with Gasteiger partial charge in [-0.1, -0.05) is 6.07 Å². The number of aromatic nitrogens is 2. The highest BCUT2D eigenvalue weighted by Crippen LogP contribution is 2.15. The molecular formula is C17H14FN3O. The molecule has 0 bridgehead atoms. The standard InChI is InChI=1S/C17H14FN3O/c1-12-2-3-13(10-16(12)18)17(22)20-14-4-6-15(7-5-14)21-9-8-19-11-21/h2-11H,1H3,(H,20,22). The van der Waals surface area contributed by atoms with Gasteiger partial charge in [-0.05, 0) is 48.9 Å². The van der Waals surface area contributed by atoms with Crippen molar-refractivity contribution in [3.63, 3.8) is 0 Å². The van der Waals surface area contributed by atoms with Gasteiger partial charge in [-0.3, -0.25) is 4.79 Å². The van der Waals surface area contributed by atoms with Gasteiger partial charge in [0.05, 0.1) is 6.33 Å². The van der Waals surface area contributed by atoms with E-state index < -0.39 is 0 Å². The predicted molar refractivity (Wildman–Crippen MR) is 82.7 cm³/mol. The van der Waals surface area contributed by atoms with Crippen LogP contribution in [0.3, 0.4) is 0 Å². The van der Waals surface area contributed by atoms with E-state index in [0.29, 0.717) is 16.8 Å². The van der Waals surface area contributed by atoms with E-state index in [1.165, 1.54) is 6.07 Å². The van der Waals surface area contributed by atoms with Gasteiger partial charge in [-0.25, -0.2) is 9.37 Å². The van der Waals surface area contributed by atoms with Crippen LogP contribution in [0.1, 0.15) is 15.9 Å². The Bertz CT molecular complexity index is 795. The quantitative estimate of drug-likeness (QED) is 0.803. The van der Waals surface area contributed by atoms with Crippen LogP contribution in [0.15, 0.2) is 61.2 Å². The average molecular weight is 295 g/mol. The molecule has 2 aromatic carbocycles. The number of rotatable bonds is 3. The van der Waals surface area contributed by atoms with Gasteiger partial charge >= 0.3 is 0 Å². The van der Waals surface area contributed by atoms with Crippen LogP contribution in [0, 0.1) is 12.7 Å². The molecule has 0 radical (unpaired) electrons. The number of amides is 1. The maximum absolute atomic E-state index is 13.5. The monoisotopic (exact) mass is 295 g/mol. The summed E-state index contributed by atoms with van der Waals surface area (Å²) in [4.78, 5) is 16.1. The highest BCUT2D eigenvalue weighted by molar-refractivity contribution is 6.04. The number of carbonyl (C=O) groups excluding carboxylic acids is 1. The first-order valence-electron chi connectivity index (χ1n) is 6.79. The Morgan fingerprint density at radius 1 is 1.18 bits per heavy atom. The minimum absolute atomic E-state index is 0.293. The van der Waals surface area contributed by atoms with Crippen LogP contribution >= 0.6 is 0 Å². The average Bonchev–Trinajstić information content (AvgIpc) is 3.05. The summed E-state index contributed by atoms with van der Waals surface area (Å²) in [6.45, 7) is 1.66. The normalized spacial score (nSPS) is 10.5. The number of hydrogen-bond donors (Lipinski definition) is 1. The Morgan fingerprint density at radius 3 is 2.59 bits per heavy atom. The lowest BCUT2D eigenvalue weighted by Gasteiger charge is -2.08. The maximum atomic E-state index is 13.5. The Balaban J connectivity index is 1.75. The van der Waals surface area contributed by atoms with Crippen molar-refractivity contribution in [3.8, 4) is 5.69 Å². The Kier molecular flexibility index (Phi) is 3.70. The molecule has 22 heavy (non-hydrogen) atoms. The summed E-state index contributed by atoms with van der Waals surface area (Å²) < 4.78 is 15.4. The van der Waals surface area contributed by atoms with Crippen molar-refractivity contribution in [2.75, 3.05) is 5.32 Å². The molecule has 0 saturated heterocycles. The second-order valence-corrected chi connectivity index (χ2v) is 4.93. The van der Waals surface area contributed by atoms with Crippen molar-refractivity contribution >= 4 is 11.6 Å². The minimum atomic E-state index is -0.386. The van der Waals surface area contributed by atoms with E-state index in [1.807, 2.05) is 22.9 Å². The maximum Gasteiger partial charge on any atom is 0.255 e. The Hall–Kier alpha value is -2.95. The lowest BCUT2D eigenvalue weighted by molar-refractivity contribution is 0.102. The van der Waals surface area contributed by atoms with Gasteiger partial charge < -0.3 is 9.88 Å². The van der Waals surface area contributed by atoms with Gasteiger partial charge in [0.2, 0.25) is 0 Å². The molecule has 0 saturated carbocycles. The van der Waals surface area contributed by atoms with Gasteiger partial charge in [0.15, 0.2) is 0 Å². The second-order valence-electron chi connectivity index (χ2n) is 4.93. The van der Waals surface area contributed by atoms with Crippen molar-refractivity contribution in [3.05, 3.63) is 78.1 Å². The third-order valence-corrected chi connectivity index (χ3v) is 3.36. The second kappa shape index (κ2) is 5.81. The summed E-state index contributed by atoms with van der Waals surface area (Å²) in [6.07, 6.45) is 5.23. The molecule has 5 heteroatoms. The molecule has 110 valence electrons. The van der Waals surface area contributed by atoms with Crippen molar-refractivity contribution in [1.82, 2.24) is 9.55 Å². The molecule has 1 N–H and O–H groups in total. The summed E-state index contributed by atoms with van der Waals surface area (Å²) in [6, 6.07) is 11.8. The van der Waals surface area contributed by atoms with Gasteiger partial charge in [-0.15, -0.1) is 0 Å². The zero-order valence-corrected chi connectivity index (χ0v) is 12.0. The number of carbonyl (C=O) groups is 1. The molecule has 1 heterocycles. The zero-order valence-electron chi connectivity index (χ0n) is 12.0. The molecule has 0 fully saturated rings. The predicted octanol–water partition coefficient (Wildman–Crippen LogP) is 3.57. The van der Waals surface area contributed by atoms with E-state index in [-0.39, 0.29) is 11.7 Å². The Labute approximate surface area is 127 Å². The molecule has 1 amide bonds. The highest BCUT2D eigenvalue weighted by atomic mass is 19.1. The van der Waals surface area contributed by atoms with E-state index >= 15 is 0 Å². The highest BCUT2D eigenvalue weighted by Gasteiger charge is 2.08. The number of anilines is 1. The number of nitrogens with one attached hydrogen (secondary N) is 1. The van der Waals surface area contributed by atoms with E-state index in [4.69, 9.17) is 0 Å². The summed E-state index contributed by atoms with van der Waals surface area (Å²) >= 11 is 0. The van der Waals surface area contributed by atoms with Gasteiger partial charge in [0.25, 0.3) is 5.91 Å². The fraction of sp³-hybridized carbons (Fsp3) is 0.0588. The number of imidazole rings is 1. The number of hydrogen-bond acceptors (Lipinski definition) is 2. The largest absolute Gasteiger partial charge is 0.322 e. The molecule has 0 aliphatic heterocycles.